The molecule has 2 aromatic carbocycles. The van der Waals surface area contributed by atoms with Gasteiger partial charge in [-0.2, -0.15) is 0 Å². The van der Waals surface area contributed by atoms with Gasteiger partial charge in [0, 0.05) is 85.6 Å². The van der Waals surface area contributed by atoms with E-state index in [9.17, 15) is 59.1 Å². The molecule has 25 heteroatoms. The number of carbonyl (C=O) groups excluding carboxylic acids is 5. The van der Waals surface area contributed by atoms with Crippen LogP contribution in [0, 0.1) is 22.7 Å². The van der Waals surface area contributed by atoms with E-state index in [1.807, 2.05) is 6.07 Å². The van der Waals surface area contributed by atoms with Gasteiger partial charge in [0.15, 0.2) is 30.0 Å². The molecule has 23 nitrogen and oxygen atoms in total. The molecule has 3 unspecified atom stereocenters. The van der Waals surface area contributed by atoms with Crippen LogP contribution in [0.15, 0.2) is 63.7 Å². The molecule has 3 aromatic rings. The molecule has 1 saturated heterocycles. The molecule has 11 atom stereocenters. The lowest BCUT2D eigenvalue weighted by Crippen LogP contribution is -2.61. The fraction of sp³-hybridized carbons (Fsp3) is 0.603. The van der Waals surface area contributed by atoms with Crippen LogP contribution in [0.2, 0.25) is 0 Å². The number of thiazole rings is 1. The van der Waals surface area contributed by atoms with Crippen LogP contribution in [-0.4, -0.2) is 202 Å². The summed E-state index contributed by atoms with van der Waals surface area (Å²) in [7, 11) is 1.61. The Bertz CT molecular complexity index is 3250. The number of thioether (sulfide) groups is 1. The molecule has 3 fully saturated rings. The van der Waals surface area contributed by atoms with E-state index in [-0.39, 0.29) is 99.6 Å². The van der Waals surface area contributed by atoms with E-state index in [4.69, 9.17) is 28.4 Å². The lowest BCUT2D eigenvalue weighted by molar-refractivity contribution is -0.312. The molecular formula is C63H81N5O18S2. The van der Waals surface area contributed by atoms with Gasteiger partial charge in [-0.15, -0.1) is 23.1 Å². The summed E-state index contributed by atoms with van der Waals surface area (Å²) in [4.78, 5) is 102. The normalized spacial score (nSPS) is 27.0. The van der Waals surface area contributed by atoms with Crippen LogP contribution in [0.3, 0.4) is 0 Å². The predicted octanol–water partition coefficient (Wildman–Crippen LogP) is 5.87. The Balaban J connectivity index is 0.687. The highest BCUT2D eigenvalue weighted by Crippen LogP contribution is 2.62. The van der Waals surface area contributed by atoms with Crippen LogP contribution < -0.4 is 14.8 Å². The number of carbonyl (C=O) groups is 7. The second kappa shape index (κ2) is 28.3. The summed E-state index contributed by atoms with van der Waals surface area (Å²) in [6.07, 6.45) is -3.16. The van der Waals surface area contributed by atoms with Gasteiger partial charge < -0.3 is 69.1 Å². The number of aliphatic imine (C=N–C) groups is 1. The van der Waals surface area contributed by atoms with Crippen molar-refractivity contribution < 1.29 is 87.5 Å². The van der Waals surface area contributed by atoms with Crippen LogP contribution in [-0.2, 0) is 54.1 Å². The van der Waals surface area contributed by atoms with Crippen molar-refractivity contribution in [3.05, 3.63) is 74.8 Å². The number of ketones is 2. The molecule has 3 heterocycles. The maximum atomic E-state index is 13.9. The van der Waals surface area contributed by atoms with E-state index in [0.29, 0.717) is 92.1 Å². The number of likely N-dealkylation sites (N-methyl/N-ethyl adjacent to an activating group) is 1. The number of aliphatic carboxylic acids is 2. The highest BCUT2D eigenvalue weighted by molar-refractivity contribution is 8.15. The number of hydrogen-bond donors (Lipinski definition) is 6. The van der Waals surface area contributed by atoms with Crippen molar-refractivity contribution in [2.45, 2.75) is 148 Å². The van der Waals surface area contributed by atoms with E-state index >= 15 is 0 Å². The summed E-state index contributed by atoms with van der Waals surface area (Å²) >= 11 is 2.62. The van der Waals surface area contributed by atoms with E-state index in [0.717, 1.165) is 37.9 Å². The summed E-state index contributed by atoms with van der Waals surface area (Å²) in [5, 5.41) is 54.2. The largest absolute Gasteiger partial charge is 0.494 e. The zero-order chi connectivity index (χ0) is 63.4. The first-order valence-corrected chi connectivity index (χ1v) is 32.0. The van der Waals surface area contributed by atoms with Gasteiger partial charge >= 0.3 is 18.0 Å². The number of amides is 3. The number of aryl methyl sites for hydroxylation is 1. The van der Waals surface area contributed by atoms with Crippen molar-refractivity contribution in [2.75, 3.05) is 72.0 Å². The number of aliphatic hydroxyl groups is 3. The topological polar surface area (TPSA) is 320 Å². The number of benzene rings is 2. The van der Waals surface area contributed by atoms with Gasteiger partial charge in [-0.3, -0.25) is 24.2 Å². The molecule has 4 aliphatic carbocycles. The monoisotopic (exact) mass is 1260 g/mol. The fourth-order valence-electron chi connectivity index (χ4n) is 13.4. The minimum Gasteiger partial charge on any atom is -0.494 e. The summed E-state index contributed by atoms with van der Waals surface area (Å²) in [5.74, 6) is -0.907. The summed E-state index contributed by atoms with van der Waals surface area (Å²) < 4.78 is 36.0. The van der Waals surface area contributed by atoms with Crippen LogP contribution in [0.5, 0.6) is 11.5 Å². The quantitative estimate of drug-likeness (QED) is 0.0404. The first kappa shape index (κ1) is 66.3. The molecule has 0 bridgehead atoms. The van der Waals surface area contributed by atoms with E-state index in [2.05, 4.69) is 34.3 Å². The maximum Gasteiger partial charge on any atom is 0.415 e. The first-order valence-electron chi connectivity index (χ1n) is 30.2. The number of fused-ring (bicyclic) bond motifs is 6. The summed E-state index contributed by atoms with van der Waals surface area (Å²) in [5.41, 5.74) is 3.44. The lowest BCUT2D eigenvalue weighted by Gasteiger charge is -2.51. The van der Waals surface area contributed by atoms with Crippen molar-refractivity contribution >= 4 is 79.8 Å². The van der Waals surface area contributed by atoms with Crippen LogP contribution in [0.25, 0.3) is 10.2 Å². The SMILES string of the molecule is CC1=C(C)C(=O)C(C(C)(C)CC(=O)N(C)CCN(CCOCCOCCC(=O)NCCCOc2ccc3c(c2)CC[C@@H]2[C@@H]3CC[C@]3(C)[C@@H](OC4O[C@@H](C(=O)O)C(O)[C@@H](O)[C@@H]4O)CC[C@@H]23)C(=O)Oc2ccc3nc(C4=NC(C(=O)O)CS4)sc3c2)=C(C)C1=O. The Morgan fingerprint density at radius 1 is 0.830 bits per heavy atom. The molecule has 478 valence electrons. The average Bonchev–Trinajstić information content (AvgIpc) is 3.06. The van der Waals surface area contributed by atoms with Gasteiger partial charge in [0.05, 0.1) is 49.4 Å². The molecule has 0 radical (unpaired) electrons. The van der Waals surface area contributed by atoms with Crippen molar-refractivity contribution in [2.24, 2.45) is 27.7 Å². The molecule has 88 heavy (non-hydrogen) atoms. The lowest BCUT2D eigenvalue weighted by atomic mass is 9.55. The number of nitrogens with one attached hydrogen (secondary N) is 1. The van der Waals surface area contributed by atoms with Gasteiger partial charge in [0.2, 0.25) is 11.8 Å². The Labute approximate surface area is 519 Å². The van der Waals surface area contributed by atoms with E-state index in [1.54, 1.807) is 59.9 Å². The van der Waals surface area contributed by atoms with Gasteiger partial charge in [0.1, 0.15) is 39.9 Å². The number of allylic oxidation sites excluding steroid dienone is 4. The summed E-state index contributed by atoms with van der Waals surface area (Å²) in [6.45, 7) is 12.3. The van der Waals surface area contributed by atoms with E-state index in [1.165, 1.54) is 44.0 Å². The number of Topliss-reactive ketones (excluding diaryl/α,β-unsaturated/α-hetero) is 2. The van der Waals surface area contributed by atoms with Crippen LogP contribution in [0.1, 0.15) is 115 Å². The van der Waals surface area contributed by atoms with Crippen LogP contribution >= 0.6 is 23.1 Å². The Morgan fingerprint density at radius 3 is 2.31 bits per heavy atom. The molecule has 9 rings (SSSR count). The minimum absolute atomic E-state index is 0.0597. The number of carboxylic acid groups (broad SMARTS) is 2. The van der Waals surface area contributed by atoms with Crippen molar-refractivity contribution in [3.63, 3.8) is 0 Å². The number of ether oxygens (including phenoxy) is 6. The van der Waals surface area contributed by atoms with Crippen molar-refractivity contribution in [3.8, 4) is 11.5 Å². The number of aromatic nitrogens is 1. The second-order valence-corrected chi connectivity index (χ2v) is 26.7. The average molecular weight is 1260 g/mol. The summed E-state index contributed by atoms with van der Waals surface area (Å²) in [6, 6.07) is 10.5. The Kier molecular flexibility index (Phi) is 21.3. The second-order valence-electron chi connectivity index (χ2n) is 24.7. The van der Waals surface area contributed by atoms with E-state index < -0.39 is 60.2 Å². The number of hydrogen-bond acceptors (Lipinski definition) is 20. The molecule has 3 amide bonds. The van der Waals surface area contributed by atoms with Crippen molar-refractivity contribution in [1.29, 1.82) is 0 Å². The van der Waals surface area contributed by atoms with Crippen molar-refractivity contribution in [1.82, 2.24) is 20.1 Å². The highest BCUT2D eigenvalue weighted by Gasteiger charge is 2.57. The third kappa shape index (κ3) is 14.7. The first-order chi connectivity index (χ1) is 41.9. The molecule has 6 aliphatic rings. The van der Waals surface area contributed by atoms with Gasteiger partial charge in [-0.25, -0.2) is 19.4 Å². The number of rotatable bonds is 26. The Hall–Kier alpha value is -6.16. The molecule has 0 spiro atoms. The fourth-order valence-corrected chi connectivity index (χ4v) is 15.5. The number of aliphatic hydroxyl groups excluding tert-OH is 3. The van der Waals surface area contributed by atoms with Gasteiger partial charge in [-0.05, 0) is 124 Å². The third-order valence-corrected chi connectivity index (χ3v) is 20.7. The zero-order valence-corrected chi connectivity index (χ0v) is 52.5. The molecule has 6 N–H and O–H groups in total. The minimum atomic E-state index is -1.77. The smallest absolute Gasteiger partial charge is 0.415 e. The van der Waals surface area contributed by atoms with Gasteiger partial charge in [-0.1, -0.05) is 26.8 Å². The highest BCUT2D eigenvalue weighted by atomic mass is 32.2. The van der Waals surface area contributed by atoms with Gasteiger partial charge in [0.25, 0.3) is 0 Å². The predicted molar refractivity (Wildman–Crippen MR) is 324 cm³/mol. The Morgan fingerprint density at radius 2 is 1.57 bits per heavy atom. The molecule has 1 aromatic heterocycles. The molecular weight excluding hydrogens is 1180 g/mol. The maximum absolute atomic E-state index is 13.9. The third-order valence-electron chi connectivity index (χ3n) is 18.5. The number of carboxylic acids is 2. The molecule has 2 saturated carbocycles. The standard InChI is InChI=1S/C63H81N5O18S2/c1-33-34(2)51(72)49(35(3)50(33)71)62(4,5)31-48(70)67(7)21-22-68(61(80)84-38-11-15-43-45(30-38)88-57(65-43)56-66-44(32-87-56)58(76)77)23-26-82-28-27-81-25-18-47(69)64-20-8-24-83-37-10-13-39-36(29-37)9-12-41-40(39)17-19-63(6)42(41)14-16-46(63)85-60-54(75)52(73)53(74)55(86-60)59(78)79/h10-11,13,15,29-30,40-42,44,46,52-55,60,73-75H,8-9,12,14,16-28,31-32H2,1-7H3,(H,64,69)(H,76,77)(H,78,79)/t40-,41-,42+,44?,46+,52-,53?,54+,55-,60?,63+/m1/s1. The number of nitrogens with zero attached hydrogens (tertiary/aromatic N) is 4. The van der Waals surface area contributed by atoms with Crippen LogP contribution in [0.4, 0.5) is 4.79 Å². The molecule has 2 aliphatic heterocycles. The zero-order valence-electron chi connectivity index (χ0n) is 50.8.